The summed E-state index contributed by atoms with van der Waals surface area (Å²) in [7, 11) is 0. The maximum Gasteiger partial charge on any atom is 0.253 e. The van der Waals surface area contributed by atoms with Crippen LogP contribution in [0.4, 0.5) is 5.82 Å². The molecule has 5 heterocycles. The molecular weight excluding hydrogens is 404 g/mol. The molecule has 32 heavy (non-hydrogen) atoms. The summed E-state index contributed by atoms with van der Waals surface area (Å²) < 4.78 is 13.5. The normalized spacial score (nSPS) is 14.2. The Hall–Kier alpha value is -4.04. The van der Waals surface area contributed by atoms with Gasteiger partial charge in [0.1, 0.15) is 11.3 Å². The van der Waals surface area contributed by atoms with Crippen molar-refractivity contribution in [3.63, 3.8) is 0 Å². The summed E-state index contributed by atoms with van der Waals surface area (Å²) in [5, 5.41) is 4.72. The first-order valence-electron chi connectivity index (χ1n) is 10.5. The van der Waals surface area contributed by atoms with E-state index in [0.29, 0.717) is 24.7 Å². The van der Waals surface area contributed by atoms with Gasteiger partial charge in [-0.3, -0.25) is 4.98 Å². The van der Waals surface area contributed by atoms with Crippen molar-refractivity contribution < 1.29 is 9.15 Å². The van der Waals surface area contributed by atoms with E-state index in [9.17, 15) is 0 Å². The molecule has 1 aliphatic rings. The first-order chi connectivity index (χ1) is 15.8. The fourth-order valence-electron chi connectivity index (χ4n) is 3.85. The van der Waals surface area contributed by atoms with Crippen molar-refractivity contribution in [2.45, 2.75) is 0 Å². The smallest absolute Gasteiger partial charge is 0.253 e. The molecule has 0 saturated carbocycles. The Balaban J connectivity index is 1.48. The van der Waals surface area contributed by atoms with Crippen LogP contribution in [-0.2, 0) is 4.74 Å². The highest BCUT2D eigenvalue weighted by Crippen LogP contribution is 2.33. The minimum Gasteiger partial charge on any atom is -0.450 e. The molecule has 0 radical (unpaired) electrons. The van der Waals surface area contributed by atoms with Crippen molar-refractivity contribution >= 4 is 16.9 Å². The van der Waals surface area contributed by atoms with Crippen LogP contribution in [0.5, 0.6) is 0 Å². The summed E-state index contributed by atoms with van der Waals surface area (Å²) >= 11 is 0. The van der Waals surface area contributed by atoms with Gasteiger partial charge >= 0.3 is 0 Å². The highest BCUT2D eigenvalue weighted by Gasteiger charge is 2.22. The fraction of sp³-hybridized carbons (Fsp3) is 0.167. The third-order valence-corrected chi connectivity index (χ3v) is 5.48. The molecule has 5 aromatic rings. The van der Waals surface area contributed by atoms with Crippen LogP contribution < -0.4 is 4.90 Å². The van der Waals surface area contributed by atoms with Gasteiger partial charge in [0.15, 0.2) is 11.4 Å². The summed E-state index contributed by atoms with van der Waals surface area (Å²) in [5.41, 5.74) is 4.26. The molecule has 0 atom stereocenters. The van der Waals surface area contributed by atoms with E-state index in [1.54, 1.807) is 17.1 Å². The van der Waals surface area contributed by atoms with Crippen LogP contribution in [0.3, 0.4) is 0 Å². The molecule has 0 N–H and O–H groups in total. The van der Waals surface area contributed by atoms with Crippen molar-refractivity contribution in [2.75, 3.05) is 31.2 Å². The summed E-state index contributed by atoms with van der Waals surface area (Å²) in [6.07, 6.45) is 5.38. The second kappa shape index (κ2) is 7.90. The molecular formula is C24H20N6O2. The predicted molar refractivity (Wildman–Crippen MR) is 121 cm³/mol. The molecule has 1 saturated heterocycles. The number of hydrogen-bond donors (Lipinski definition) is 0. The van der Waals surface area contributed by atoms with Gasteiger partial charge in [0, 0.05) is 48.9 Å². The van der Waals surface area contributed by atoms with Gasteiger partial charge in [0.2, 0.25) is 0 Å². The number of anilines is 1. The van der Waals surface area contributed by atoms with Crippen LogP contribution in [0, 0.1) is 0 Å². The second-order valence-electron chi connectivity index (χ2n) is 7.52. The van der Waals surface area contributed by atoms with E-state index in [1.165, 1.54) is 0 Å². The summed E-state index contributed by atoms with van der Waals surface area (Å²) in [6.45, 7) is 2.79. The third kappa shape index (κ3) is 3.40. The lowest BCUT2D eigenvalue weighted by atomic mass is 10.2. The lowest BCUT2D eigenvalue weighted by Gasteiger charge is -2.27. The summed E-state index contributed by atoms with van der Waals surface area (Å²) in [4.78, 5) is 15.9. The predicted octanol–water partition coefficient (Wildman–Crippen LogP) is 3.97. The maximum absolute atomic E-state index is 6.24. The second-order valence-corrected chi connectivity index (χ2v) is 7.52. The van der Waals surface area contributed by atoms with Crippen LogP contribution in [0.15, 0.2) is 77.6 Å². The Kier molecular flexibility index (Phi) is 4.62. The van der Waals surface area contributed by atoms with Gasteiger partial charge in [-0.05, 0) is 18.2 Å². The molecule has 0 unspecified atom stereocenters. The molecule has 8 nitrogen and oxygen atoms in total. The number of morpholine rings is 1. The van der Waals surface area contributed by atoms with E-state index in [0.717, 1.165) is 47.0 Å². The molecule has 1 aromatic carbocycles. The van der Waals surface area contributed by atoms with Crippen LogP contribution in [0.1, 0.15) is 0 Å². The molecule has 6 rings (SSSR count). The molecule has 158 valence electrons. The minimum absolute atomic E-state index is 0.503. The topological polar surface area (TPSA) is 82.1 Å². The van der Waals surface area contributed by atoms with E-state index in [1.807, 2.05) is 60.8 Å². The zero-order valence-corrected chi connectivity index (χ0v) is 17.3. The van der Waals surface area contributed by atoms with Crippen molar-refractivity contribution in [1.29, 1.82) is 0 Å². The van der Waals surface area contributed by atoms with Gasteiger partial charge < -0.3 is 14.1 Å². The molecule has 0 amide bonds. The van der Waals surface area contributed by atoms with Crippen molar-refractivity contribution in [1.82, 2.24) is 24.7 Å². The van der Waals surface area contributed by atoms with Crippen molar-refractivity contribution in [3.8, 4) is 28.5 Å². The Morgan fingerprint density at radius 1 is 0.844 bits per heavy atom. The molecule has 8 heteroatoms. The largest absolute Gasteiger partial charge is 0.450 e. The summed E-state index contributed by atoms with van der Waals surface area (Å²) in [6, 6.07) is 17.8. The SMILES string of the molecule is c1ccc(-c2ccn(-c3nc(N4CCOCC4)c4oc(-c5ccncc5)cc4n3)n2)cc1. The van der Waals surface area contributed by atoms with Gasteiger partial charge in [-0.15, -0.1) is 0 Å². The number of furan rings is 1. The zero-order chi connectivity index (χ0) is 21.3. The Bertz CT molecular complexity index is 1360. The van der Waals surface area contributed by atoms with Crippen LogP contribution in [0.25, 0.3) is 39.6 Å². The molecule has 0 spiro atoms. The first-order valence-corrected chi connectivity index (χ1v) is 10.5. The van der Waals surface area contributed by atoms with Gasteiger partial charge in [-0.25, -0.2) is 9.67 Å². The van der Waals surface area contributed by atoms with E-state index >= 15 is 0 Å². The van der Waals surface area contributed by atoms with E-state index in [-0.39, 0.29) is 0 Å². The Morgan fingerprint density at radius 2 is 1.66 bits per heavy atom. The lowest BCUT2D eigenvalue weighted by molar-refractivity contribution is 0.122. The number of aromatic nitrogens is 5. The minimum atomic E-state index is 0.503. The lowest BCUT2D eigenvalue weighted by Crippen LogP contribution is -2.37. The highest BCUT2D eigenvalue weighted by molar-refractivity contribution is 5.88. The zero-order valence-electron chi connectivity index (χ0n) is 17.3. The molecule has 4 aromatic heterocycles. The van der Waals surface area contributed by atoms with Gasteiger partial charge in [-0.1, -0.05) is 30.3 Å². The van der Waals surface area contributed by atoms with E-state index in [2.05, 4.69) is 9.88 Å². The van der Waals surface area contributed by atoms with Gasteiger partial charge in [0.25, 0.3) is 5.95 Å². The van der Waals surface area contributed by atoms with E-state index in [4.69, 9.17) is 24.2 Å². The number of hydrogen-bond acceptors (Lipinski definition) is 7. The Labute approximate surface area is 184 Å². The average molecular weight is 424 g/mol. The first kappa shape index (κ1) is 18.7. The van der Waals surface area contributed by atoms with Crippen molar-refractivity contribution in [2.24, 2.45) is 0 Å². The van der Waals surface area contributed by atoms with Crippen molar-refractivity contribution in [3.05, 3.63) is 73.2 Å². The van der Waals surface area contributed by atoms with Crippen LogP contribution in [0.2, 0.25) is 0 Å². The molecule has 0 aliphatic carbocycles. The average Bonchev–Trinajstić information content (AvgIpc) is 3.53. The quantitative estimate of drug-likeness (QED) is 0.432. The standard InChI is InChI=1S/C24H20N6O2/c1-2-4-17(5-3-1)19-8-11-30(28-19)24-26-20-16-21(18-6-9-25-10-7-18)32-22(20)23(27-24)29-12-14-31-15-13-29/h1-11,16H,12-15H2. The number of nitrogens with zero attached hydrogens (tertiary/aromatic N) is 6. The third-order valence-electron chi connectivity index (χ3n) is 5.48. The molecule has 0 bridgehead atoms. The Morgan fingerprint density at radius 3 is 2.47 bits per heavy atom. The monoisotopic (exact) mass is 424 g/mol. The van der Waals surface area contributed by atoms with E-state index < -0.39 is 0 Å². The maximum atomic E-state index is 6.24. The number of rotatable bonds is 4. The fourth-order valence-corrected chi connectivity index (χ4v) is 3.85. The number of pyridine rings is 1. The number of fused-ring (bicyclic) bond motifs is 1. The van der Waals surface area contributed by atoms with Crippen LogP contribution in [-0.4, -0.2) is 51.0 Å². The summed E-state index contributed by atoms with van der Waals surface area (Å²) in [5.74, 6) is 1.99. The van der Waals surface area contributed by atoms with Gasteiger partial charge in [0.05, 0.1) is 18.9 Å². The highest BCUT2D eigenvalue weighted by atomic mass is 16.5. The number of benzene rings is 1. The van der Waals surface area contributed by atoms with Gasteiger partial charge in [-0.2, -0.15) is 10.1 Å². The van der Waals surface area contributed by atoms with Crippen LogP contribution >= 0.6 is 0 Å². The number of ether oxygens (including phenoxy) is 1. The molecule has 1 fully saturated rings. The molecule has 1 aliphatic heterocycles.